The first-order chi connectivity index (χ1) is 8.97. The van der Waals surface area contributed by atoms with Crippen LogP contribution < -0.4 is 4.74 Å². The molecule has 1 aliphatic rings. The number of carbonyl (C=O) groups is 1. The van der Waals surface area contributed by atoms with Crippen LogP contribution in [-0.2, 0) is 0 Å². The zero-order valence-corrected chi connectivity index (χ0v) is 11.1. The number of halogens is 1. The van der Waals surface area contributed by atoms with Gasteiger partial charge >= 0.3 is 5.97 Å². The fourth-order valence-corrected chi connectivity index (χ4v) is 2.80. The summed E-state index contributed by atoms with van der Waals surface area (Å²) in [7, 11) is 0. The Kier molecular flexibility index (Phi) is 4.02. The predicted octanol–water partition coefficient (Wildman–Crippen LogP) is 3.12. The Hall–Kier alpha value is -1.65. The van der Waals surface area contributed by atoms with Gasteiger partial charge in [-0.25, -0.2) is 14.2 Å². The highest BCUT2D eigenvalue weighted by molar-refractivity contribution is 5.88. The number of carboxylic acids is 1. The molecule has 0 aliphatic heterocycles. The van der Waals surface area contributed by atoms with Crippen molar-refractivity contribution in [1.82, 2.24) is 4.98 Å². The highest BCUT2D eigenvalue weighted by Crippen LogP contribution is 2.31. The molecule has 0 saturated heterocycles. The van der Waals surface area contributed by atoms with Gasteiger partial charge in [-0.3, -0.25) is 0 Å². The minimum absolute atomic E-state index is 0.0928. The van der Waals surface area contributed by atoms with Crippen molar-refractivity contribution in [3.63, 3.8) is 0 Å². The third-order valence-corrected chi connectivity index (χ3v) is 3.50. The van der Waals surface area contributed by atoms with Gasteiger partial charge in [0.25, 0.3) is 5.88 Å². The predicted molar refractivity (Wildman–Crippen MR) is 67.7 cm³/mol. The monoisotopic (exact) mass is 267 g/mol. The second-order valence-electron chi connectivity index (χ2n) is 5.44. The highest BCUT2D eigenvalue weighted by Gasteiger charge is 2.27. The maximum absolute atomic E-state index is 13.9. The summed E-state index contributed by atoms with van der Waals surface area (Å²) in [5, 5.41) is 8.86. The summed E-state index contributed by atoms with van der Waals surface area (Å²) in [6, 6.07) is 1.14. The van der Waals surface area contributed by atoms with Gasteiger partial charge < -0.3 is 9.84 Å². The molecule has 0 amide bonds. The van der Waals surface area contributed by atoms with Crippen molar-refractivity contribution < 1.29 is 19.0 Å². The zero-order chi connectivity index (χ0) is 14.0. The first kappa shape index (κ1) is 13.8. The number of nitrogens with zero attached hydrogens (tertiary/aromatic N) is 1. The van der Waals surface area contributed by atoms with Crippen LogP contribution in [0.4, 0.5) is 4.39 Å². The van der Waals surface area contributed by atoms with Crippen LogP contribution in [0.2, 0.25) is 0 Å². The van der Waals surface area contributed by atoms with Crippen LogP contribution in [0.5, 0.6) is 5.88 Å². The Bertz CT molecular complexity index is 468. The molecule has 2 atom stereocenters. The van der Waals surface area contributed by atoms with Crippen LogP contribution in [0, 0.1) is 17.7 Å². The average molecular weight is 267 g/mol. The van der Waals surface area contributed by atoms with Gasteiger partial charge in [0, 0.05) is 6.20 Å². The van der Waals surface area contributed by atoms with E-state index in [0.717, 1.165) is 25.3 Å². The first-order valence-electron chi connectivity index (χ1n) is 6.51. The maximum Gasteiger partial charge on any atom is 0.338 e. The van der Waals surface area contributed by atoms with Gasteiger partial charge in [-0.1, -0.05) is 13.8 Å². The Morgan fingerprint density at radius 3 is 2.58 bits per heavy atom. The molecule has 1 N–H and O–H groups in total. The Balaban J connectivity index is 2.15. The number of aromatic nitrogens is 1. The van der Waals surface area contributed by atoms with Crippen LogP contribution in [0.25, 0.3) is 0 Å². The molecule has 4 nitrogen and oxygen atoms in total. The van der Waals surface area contributed by atoms with Gasteiger partial charge in [-0.2, -0.15) is 0 Å². The van der Waals surface area contributed by atoms with Crippen molar-refractivity contribution >= 4 is 5.97 Å². The van der Waals surface area contributed by atoms with E-state index in [1.54, 1.807) is 0 Å². The number of pyridine rings is 1. The number of ether oxygens (including phenoxy) is 1. The summed E-state index contributed by atoms with van der Waals surface area (Å²) < 4.78 is 19.5. The summed E-state index contributed by atoms with van der Waals surface area (Å²) in [5.74, 6) is -1.35. The molecular formula is C14H18FNO3. The van der Waals surface area contributed by atoms with Crippen LogP contribution >= 0.6 is 0 Å². The summed E-state index contributed by atoms with van der Waals surface area (Å²) in [5.41, 5.74) is -0.401. The molecular weight excluding hydrogens is 249 g/mol. The molecule has 1 fully saturated rings. The second kappa shape index (κ2) is 5.55. The smallest absolute Gasteiger partial charge is 0.338 e. The summed E-state index contributed by atoms with van der Waals surface area (Å²) >= 11 is 0. The second-order valence-corrected chi connectivity index (χ2v) is 5.44. The molecule has 104 valence electrons. The van der Waals surface area contributed by atoms with Crippen molar-refractivity contribution in [1.29, 1.82) is 0 Å². The van der Waals surface area contributed by atoms with E-state index in [1.807, 2.05) is 0 Å². The van der Waals surface area contributed by atoms with Gasteiger partial charge in [0.1, 0.15) is 11.7 Å². The summed E-state index contributed by atoms with van der Waals surface area (Å²) in [4.78, 5) is 14.7. The minimum atomic E-state index is -1.31. The molecule has 1 aromatic heterocycles. The number of aromatic carboxylic acids is 1. The topological polar surface area (TPSA) is 59.4 Å². The molecule has 1 aromatic rings. The molecule has 2 rings (SSSR count). The van der Waals surface area contributed by atoms with Crippen molar-refractivity contribution in [2.75, 3.05) is 0 Å². The lowest BCUT2D eigenvalue weighted by molar-refractivity contribution is 0.0682. The van der Waals surface area contributed by atoms with Crippen molar-refractivity contribution in [3.05, 3.63) is 23.6 Å². The molecule has 1 heterocycles. The van der Waals surface area contributed by atoms with Gasteiger partial charge in [0.15, 0.2) is 5.82 Å². The zero-order valence-electron chi connectivity index (χ0n) is 11.1. The lowest BCUT2D eigenvalue weighted by Gasteiger charge is -2.31. The van der Waals surface area contributed by atoms with Gasteiger partial charge in [-0.15, -0.1) is 0 Å². The standard InChI is InChI=1S/C14H18FNO3/c1-8-5-9(2)7-10(6-8)19-13-12(15)11(14(17)18)3-4-16-13/h3-4,8-10H,5-7H2,1-2H3,(H,17,18). The van der Waals surface area contributed by atoms with Gasteiger partial charge in [0.2, 0.25) is 0 Å². The van der Waals surface area contributed by atoms with Crippen LogP contribution in [-0.4, -0.2) is 22.2 Å². The average Bonchev–Trinajstić information content (AvgIpc) is 2.30. The lowest BCUT2D eigenvalue weighted by Crippen LogP contribution is -2.29. The number of hydrogen-bond donors (Lipinski definition) is 1. The molecule has 1 saturated carbocycles. The quantitative estimate of drug-likeness (QED) is 0.914. The van der Waals surface area contributed by atoms with E-state index >= 15 is 0 Å². The van der Waals surface area contributed by atoms with Gasteiger partial charge in [0.05, 0.1) is 0 Å². The first-order valence-corrected chi connectivity index (χ1v) is 6.51. The highest BCUT2D eigenvalue weighted by atomic mass is 19.1. The van der Waals surface area contributed by atoms with Crippen LogP contribution in [0.3, 0.4) is 0 Å². The fourth-order valence-electron chi connectivity index (χ4n) is 2.80. The van der Waals surface area contributed by atoms with E-state index in [0.29, 0.717) is 11.8 Å². The maximum atomic E-state index is 13.9. The molecule has 0 spiro atoms. The van der Waals surface area contributed by atoms with E-state index in [1.165, 1.54) is 6.20 Å². The van der Waals surface area contributed by atoms with Gasteiger partial charge in [-0.05, 0) is 37.2 Å². The molecule has 2 unspecified atom stereocenters. The normalized spacial score (nSPS) is 27.0. The SMILES string of the molecule is CC1CC(C)CC(Oc2nccc(C(=O)O)c2F)C1. The molecule has 0 radical (unpaired) electrons. The minimum Gasteiger partial charge on any atom is -0.478 e. The van der Waals surface area contributed by atoms with E-state index in [4.69, 9.17) is 9.84 Å². The Morgan fingerprint density at radius 2 is 2.00 bits per heavy atom. The summed E-state index contributed by atoms with van der Waals surface area (Å²) in [6.45, 7) is 4.28. The lowest BCUT2D eigenvalue weighted by atomic mass is 9.82. The largest absolute Gasteiger partial charge is 0.478 e. The Labute approximate surface area is 111 Å². The Morgan fingerprint density at radius 1 is 1.37 bits per heavy atom. The van der Waals surface area contributed by atoms with E-state index < -0.39 is 17.3 Å². The molecule has 19 heavy (non-hydrogen) atoms. The van der Waals surface area contributed by atoms with Crippen molar-refractivity contribution in [3.8, 4) is 5.88 Å². The van der Waals surface area contributed by atoms with E-state index in [2.05, 4.69) is 18.8 Å². The van der Waals surface area contributed by atoms with Crippen LogP contribution in [0.15, 0.2) is 12.3 Å². The number of rotatable bonds is 3. The molecule has 0 bridgehead atoms. The van der Waals surface area contributed by atoms with E-state index in [-0.39, 0.29) is 12.0 Å². The van der Waals surface area contributed by atoms with Crippen molar-refractivity contribution in [2.45, 2.75) is 39.2 Å². The fraction of sp³-hybridized carbons (Fsp3) is 0.571. The number of carboxylic acid groups (broad SMARTS) is 1. The van der Waals surface area contributed by atoms with E-state index in [9.17, 15) is 9.18 Å². The summed E-state index contributed by atoms with van der Waals surface area (Å²) in [6.07, 6.45) is 4.01. The third-order valence-electron chi connectivity index (χ3n) is 3.50. The molecule has 1 aliphatic carbocycles. The van der Waals surface area contributed by atoms with Crippen LogP contribution in [0.1, 0.15) is 43.5 Å². The number of hydrogen-bond acceptors (Lipinski definition) is 3. The molecule has 0 aromatic carbocycles. The third kappa shape index (κ3) is 3.22. The van der Waals surface area contributed by atoms with Crippen molar-refractivity contribution in [2.24, 2.45) is 11.8 Å². The molecule has 5 heteroatoms.